The maximum atomic E-state index is 13.1. The van der Waals surface area contributed by atoms with Crippen LogP contribution in [0, 0.1) is 0 Å². The number of benzene rings is 1. The first-order valence-electron chi connectivity index (χ1n) is 11.4. The number of urea groups is 1. The van der Waals surface area contributed by atoms with Gasteiger partial charge in [0.2, 0.25) is 11.8 Å². The molecular weight excluding hydrogens is 479 g/mol. The van der Waals surface area contributed by atoms with Gasteiger partial charge in [-0.25, -0.2) is 19.7 Å². The minimum Gasteiger partial charge on any atom is -0.481 e. The van der Waals surface area contributed by atoms with E-state index in [1.165, 1.54) is 30.5 Å². The summed E-state index contributed by atoms with van der Waals surface area (Å²) in [5.74, 6) is 0.374. The molecule has 188 valence electrons. The molecule has 0 bridgehead atoms. The van der Waals surface area contributed by atoms with E-state index in [4.69, 9.17) is 9.47 Å². The molecule has 1 saturated carbocycles. The molecule has 3 amide bonds. The smallest absolute Gasteiger partial charge is 0.416 e. The molecule has 2 aliphatic rings. The number of pyridine rings is 1. The lowest BCUT2D eigenvalue weighted by Crippen LogP contribution is -2.44. The van der Waals surface area contributed by atoms with Gasteiger partial charge in [-0.2, -0.15) is 13.2 Å². The van der Waals surface area contributed by atoms with Gasteiger partial charge in [0, 0.05) is 17.8 Å². The van der Waals surface area contributed by atoms with Crippen molar-refractivity contribution in [1.82, 2.24) is 19.9 Å². The Morgan fingerprint density at radius 1 is 1.03 bits per heavy atom. The number of ether oxygens (including phenoxy) is 2. The average molecular weight is 501 g/mol. The Hall–Kier alpha value is -3.96. The zero-order valence-electron chi connectivity index (χ0n) is 19.2. The number of imide groups is 1. The first kappa shape index (κ1) is 23.8. The van der Waals surface area contributed by atoms with Crippen molar-refractivity contribution in [3.8, 4) is 11.8 Å². The molecule has 12 heteroatoms. The molecule has 1 saturated heterocycles. The Balaban J connectivity index is 1.26. The van der Waals surface area contributed by atoms with Gasteiger partial charge in [0.15, 0.2) is 0 Å². The third-order valence-electron chi connectivity index (χ3n) is 6.44. The second kappa shape index (κ2) is 9.25. The van der Waals surface area contributed by atoms with Crippen molar-refractivity contribution < 1.29 is 32.2 Å². The number of amides is 3. The number of alkyl halides is 3. The van der Waals surface area contributed by atoms with E-state index >= 15 is 0 Å². The predicted molar refractivity (Wildman–Crippen MR) is 122 cm³/mol. The zero-order valence-corrected chi connectivity index (χ0v) is 19.2. The van der Waals surface area contributed by atoms with Gasteiger partial charge in [0.1, 0.15) is 19.0 Å². The first-order valence-corrected chi connectivity index (χ1v) is 11.4. The van der Waals surface area contributed by atoms with Crippen LogP contribution in [0.1, 0.15) is 31.2 Å². The van der Waals surface area contributed by atoms with E-state index in [-0.39, 0.29) is 24.4 Å². The lowest BCUT2D eigenvalue weighted by Gasteiger charge is -2.33. The quantitative estimate of drug-likeness (QED) is 0.483. The van der Waals surface area contributed by atoms with Gasteiger partial charge < -0.3 is 9.47 Å². The summed E-state index contributed by atoms with van der Waals surface area (Å²) in [4.78, 5) is 40.6. The zero-order chi connectivity index (χ0) is 25.4. The van der Waals surface area contributed by atoms with Crippen LogP contribution in [0.25, 0.3) is 10.9 Å². The molecule has 1 aliphatic heterocycles. The Morgan fingerprint density at radius 3 is 2.53 bits per heavy atom. The van der Waals surface area contributed by atoms with E-state index < -0.39 is 23.7 Å². The van der Waals surface area contributed by atoms with Gasteiger partial charge in [-0.15, -0.1) is 0 Å². The summed E-state index contributed by atoms with van der Waals surface area (Å²) in [6, 6.07) is 5.17. The van der Waals surface area contributed by atoms with Gasteiger partial charge in [0.25, 0.3) is 5.91 Å². The number of carbonyl (C=O) groups is 2. The Labute approximate surface area is 203 Å². The highest BCUT2D eigenvalue weighted by molar-refractivity contribution is 6.12. The summed E-state index contributed by atoms with van der Waals surface area (Å²) < 4.78 is 50.6. The summed E-state index contributed by atoms with van der Waals surface area (Å²) >= 11 is 0. The number of rotatable bonds is 5. The molecule has 5 rings (SSSR count). The number of fused-ring (bicyclic) bond motifs is 1. The van der Waals surface area contributed by atoms with Crippen molar-refractivity contribution in [2.24, 2.45) is 0 Å². The standard InChI is InChI=1S/C24H22F3N5O4/c1-35-20-10-18-19(11-28-20)29-13-30-22(18)36-17-7-5-15(6-8-17)32-21(33)12-31(23(32)34)16-4-2-3-14(9-16)24(25,26)27/h2-4,9-11,13,15,17H,5-8,12H2,1H3. The van der Waals surface area contributed by atoms with Gasteiger partial charge in [0.05, 0.1) is 29.8 Å². The van der Waals surface area contributed by atoms with Crippen LogP contribution in [0.2, 0.25) is 0 Å². The molecule has 2 aromatic heterocycles. The fraction of sp³-hybridized carbons (Fsp3) is 0.375. The minimum absolute atomic E-state index is 0.0447. The van der Waals surface area contributed by atoms with Crippen LogP contribution < -0.4 is 14.4 Å². The Kier molecular flexibility index (Phi) is 6.10. The Morgan fingerprint density at radius 2 is 1.81 bits per heavy atom. The highest BCUT2D eigenvalue weighted by atomic mass is 19.4. The van der Waals surface area contributed by atoms with Crippen molar-refractivity contribution in [2.75, 3.05) is 18.6 Å². The predicted octanol–water partition coefficient (Wildman–Crippen LogP) is 4.21. The third-order valence-corrected chi connectivity index (χ3v) is 6.44. The van der Waals surface area contributed by atoms with Crippen molar-refractivity contribution in [3.63, 3.8) is 0 Å². The minimum atomic E-state index is -4.54. The van der Waals surface area contributed by atoms with E-state index in [0.29, 0.717) is 48.3 Å². The maximum Gasteiger partial charge on any atom is 0.416 e. The number of aromatic nitrogens is 3. The molecule has 2 fully saturated rings. The second-order valence-electron chi connectivity index (χ2n) is 8.65. The third kappa shape index (κ3) is 4.50. The molecule has 0 atom stereocenters. The van der Waals surface area contributed by atoms with E-state index in [9.17, 15) is 22.8 Å². The molecular formula is C24H22F3N5O4. The monoisotopic (exact) mass is 501 g/mol. The number of methoxy groups -OCH3 is 1. The molecule has 0 N–H and O–H groups in total. The van der Waals surface area contributed by atoms with Crippen LogP contribution in [-0.2, 0) is 11.0 Å². The fourth-order valence-corrected chi connectivity index (χ4v) is 4.63. The van der Waals surface area contributed by atoms with Gasteiger partial charge in [-0.05, 0) is 43.9 Å². The summed E-state index contributed by atoms with van der Waals surface area (Å²) in [5.41, 5.74) is -0.220. The molecule has 0 unspecified atom stereocenters. The van der Waals surface area contributed by atoms with Gasteiger partial charge >= 0.3 is 12.2 Å². The first-order chi connectivity index (χ1) is 17.2. The van der Waals surface area contributed by atoms with Crippen molar-refractivity contribution in [2.45, 2.75) is 44.0 Å². The SMILES string of the molecule is COc1cc2c(OC3CCC(N4C(=O)CN(c5cccc(C(F)(F)F)c5)C4=O)CC3)ncnc2cn1. The van der Waals surface area contributed by atoms with Crippen molar-refractivity contribution in [3.05, 3.63) is 48.4 Å². The number of anilines is 1. The molecule has 1 aliphatic carbocycles. The largest absolute Gasteiger partial charge is 0.481 e. The topological polar surface area (TPSA) is 97.8 Å². The van der Waals surface area contributed by atoms with Crippen LogP contribution in [0.4, 0.5) is 23.7 Å². The van der Waals surface area contributed by atoms with Gasteiger partial charge in [-0.1, -0.05) is 6.07 Å². The second-order valence-corrected chi connectivity index (χ2v) is 8.65. The maximum absolute atomic E-state index is 13.1. The molecule has 9 nitrogen and oxygen atoms in total. The van der Waals surface area contributed by atoms with E-state index in [1.807, 2.05) is 0 Å². The van der Waals surface area contributed by atoms with Crippen LogP contribution in [0.5, 0.6) is 11.8 Å². The normalized spacial score (nSPS) is 20.8. The van der Waals surface area contributed by atoms with Crippen LogP contribution in [0.15, 0.2) is 42.9 Å². The molecule has 1 aromatic carbocycles. The van der Waals surface area contributed by atoms with Gasteiger partial charge in [-0.3, -0.25) is 14.6 Å². The summed E-state index contributed by atoms with van der Waals surface area (Å²) in [7, 11) is 1.51. The fourth-order valence-electron chi connectivity index (χ4n) is 4.63. The molecule has 0 spiro atoms. The molecule has 3 aromatic rings. The molecule has 36 heavy (non-hydrogen) atoms. The number of nitrogens with zero attached hydrogens (tertiary/aromatic N) is 5. The summed E-state index contributed by atoms with van der Waals surface area (Å²) in [6.07, 6.45) is 0.377. The lowest BCUT2D eigenvalue weighted by molar-refractivity contribution is -0.137. The van der Waals surface area contributed by atoms with Crippen LogP contribution in [0.3, 0.4) is 0 Å². The van der Waals surface area contributed by atoms with E-state index in [0.717, 1.165) is 17.0 Å². The van der Waals surface area contributed by atoms with Crippen molar-refractivity contribution >= 4 is 28.5 Å². The number of hydrogen-bond acceptors (Lipinski definition) is 7. The number of hydrogen-bond donors (Lipinski definition) is 0. The number of halogens is 3. The summed E-state index contributed by atoms with van der Waals surface area (Å²) in [5, 5.41) is 0.660. The van der Waals surface area contributed by atoms with Crippen LogP contribution in [-0.4, -0.2) is 57.6 Å². The van der Waals surface area contributed by atoms with E-state index in [1.54, 1.807) is 12.3 Å². The van der Waals surface area contributed by atoms with Crippen molar-refractivity contribution in [1.29, 1.82) is 0 Å². The van der Waals surface area contributed by atoms with E-state index in [2.05, 4.69) is 15.0 Å². The summed E-state index contributed by atoms with van der Waals surface area (Å²) in [6.45, 7) is -0.292. The molecule has 0 radical (unpaired) electrons. The number of carbonyl (C=O) groups excluding carboxylic acids is 2. The average Bonchev–Trinajstić information content (AvgIpc) is 3.17. The molecule has 3 heterocycles. The highest BCUT2D eigenvalue weighted by Gasteiger charge is 2.43. The highest BCUT2D eigenvalue weighted by Crippen LogP contribution is 2.35. The van der Waals surface area contributed by atoms with Crippen LogP contribution >= 0.6 is 0 Å². The lowest BCUT2D eigenvalue weighted by atomic mass is 9.92. The Bertz CT molecular complexity index is 1310.